The number of rotatable bonds is 3. The third-order valence-corrected chi connectivity index (χ3v) is 2.37. The second-order valence-electron chi connectivity index (χ2n) is 4.98. The summed E-state index contributed by atoms with van der Waals surface area (Å²) in [5.74, 6) is 0.0674. The molecule has 3 N–H and O–H groups in total. The van der Waals surface area contributed by atoms with E-state index in [1.165, 1.54) is 0 Å². The monoisotopic (exact) mass is 199 g/mol. The molecule has 1 atom stereocenters. The van der Waals surface area contributed by atoms with Gasteiger partial charge in [-0.3, -0.25) is 4.79 Å². The zero-order valence-electron chi connectivity index (χ0n) is 9.34. The van der Waals surface area contributed by atoms with Crippen LogP contribution in [0.4, 0.5) is 0 Å². The fourth-order valence-corrected chi connectivity index (χ4v) is 1.75. The number of carbonyl (C=O) groups excluding carboxylic acids is 1. The number of carbonyl (C=O) groups is 1. The van der Waals surface area contributed by atoms with Crippen molar-refractivity contribution in [3.8, 4) is 0 Å². The van der Waals surface area contributed by atoms with Crippen molar-refractivity contribution in [1.82, 2.24) is 10.2 Å². The molecule has 0 radical (unpaired) electrons. The maximum absolute atomic E-state index is 11.5. The van der Waals surface area contributed by atoms with E-state index in [0.29, 0.717) is 12.5 Å². The van der Waals surface area contributed by atoms with Gasteiger partial charge in [-0.2, -0.15) is 0 Å². The lowest BCUT2D eigenvalue weighted by Crippen LogP contribution is -2.43. The molecule has 82 valence electrons. The van der Waals surface area contributed by atoms with Gasteiger partial charge in [0.25, 0.3) is 0 Å². The van der Waals surface area contributed by atoms with Crippen LogP contribution in [0.1, 0.15) is 26.7 Å². The van der Waals surface area contributed by atoms with Gasteiger partial charge in [-0.1, -0.05) is 0 Å². The molecule has 0 aliphatic carbocycles. The summed E-state index contributed by atoms with van der Waals surface area (Å²) in [6, 6.07) is 0.315. The maximum Gasteiger partial charge on any atom is 0.222 e. The summed E-state index contributed by atoms with van der Waals surface area (Å²) in [7, 11) is 2.07. The van der Waals surface area contributed by atoms with Gasteiger partial charge in [0.2, 0.25) is 5.91 Å². The molecule has 0 aromatic heterocycles. The normalized spacial score (nSPS) is 23.9. The van der Waals surface area contributed by atoms with Crippen LogP contribution >= 0.6 is 0 Å². The molecule has 4 nitrogen and oxygen atoms in total. The summed E-state index contributed by atoms with van der Waals surface area (Å²) >= 11 is 0. The zero-order chi connectivity index (χ0) is 10.8. The Morgan fingerprint density at radius 2 is 2.29 bits per heavy atom. The lowest BCUT2D eigenvalue weighted by Gasteiger charge is -2.19. The fourth-order valence-electron chi connectivity index (χ4n) is 1.75. The SMILES string of the molecule is CN1CCC(NC(=O)CC(C)(C)N)C1. The van der Waals surface area contributed by atoms with Crippen LogP contribution in [0.5, 0.6) is 0 Å². The van der Waals surface area contributed by atoms with Crippen molar-refractivity contribution < 1.29 is 4.79 Å². The number of nitrogens with two attached hydrogens (primary N) is 1. The van der Waals surface area contributed by atoms with Crippen molar-refractivity contribution in [1.29, 1.82) is 0 Å². The summed E-state index contributed by atoms with van der Waals surface area (Å²) in [5.41, 5.74) is 5.36. The molecule has 4 heteroatoms. The van der Waals surface area contributed by atoms with E-state index in [4.69, 9.17) is 5.73 Å². The summed E-state index contributed by atoms with van der Waals surface area (Å²) in [6.07, 6.45) is 1.44. The van der Waals surface area contributed by atoms with Crippen molar-refractivity contribution >= 4 is 5.91 Å². The third kappa shape index (κ3) is 4.07. The van der Waals surface area contributed by atoms with Gasteiger partial charge in [-0.05, 0) is 33.9 Å². The van der Waals surface area contributed by atoms with Crippen LogP contribution in [0.3, 0.4) is 0 Å². The number of likely N-dealkylation sites (tertiary alicyclic amines) is 1. The van der Waals surface area contributed by atoms with E-state index >= 15 is 0 Å². The van der Waals surface area contributed by atoms with E-state index in [1.807, 2.05) is 13.8 Å². The van der Waals surface area contributed by atoms with Crippen LogP contribution in [-0.4, -0.2) is 42.5 Å². The molecule has 0 aromatic carbocycles. The zero-order valence-corrected chi connectivity index (χ0v) is 9.34. The Kier molecular flexibility index (Phi) is 3.50. The van der Waals surface area contributed by atoms with Crippen LogP contribution in [0.25, 0.3) is 0 Å². The van der Waals surface area contributed by atoms with E-state index < -0.39 is 5.54 Å². The first-order chi connectivity index (χ1) is 6.37. The van der Waals surface area contributed by atoms with Crippen molar-refractivity contribution in [2.75, 3.05) is 20.1 Å². The lowest BCUT2D eigenvalue weighted by molar-refractivity contribution is -0.122. The van der Waals surface area contributed by atoms with Gasteiger partial charge in [0, 0.05) is 24.5 Å². The van der Waals surface area contributed by atoms with Gasteiger partial charge >= 0.3 is 0 Å². The minimum atomic E-state index is -0.408. The first kappa shape index (κ1) is 11.5. The summed E-state index contributed by atoms with van der Waals surface area (Å²) in [5, 5.41) is 3.01. The molecule has 1 unspecified atom stereocenters. The molecule has 1 fully saturated rings. The second-order valence-corrected chi connectivity index (χ2v) is 4.98. The number of likely N-dealkylation sites (N-methyl/N-ethyl adjacent to an activating group) is 1. The quantitative estimate of drug-likeness (QED) is 0.669. The number of nitrogens with zero attached hydrogens (tertiary/aromatic N) is 1. The molecule has 1 saturated heterocycles. The van der Waals surface area contributed by atoms with Crippen molar-refractivity contribution in [2.24, 2.45) is 5.73 Å². The standard InChI is InChI=1S/C10H21N3O/c1-10(2,11)6-9(14)12-8-4-5-13(3)7-8/h8H,4-7,11H2,1-3H3,(H,12,14). The van der Waals surface area contributed by atoms with E-state index in [2.05, 4.69) is 17.3 Å². The number of hydrogen-bond donors (Lipinski definition) is 2. The molecule has 1 amide bonds. The molecule has 1 aliphatic rings. The second kappa shape index (κ2) is 4.28. The molecule has 1 rings (SSSR count). The van der Waals surface area contributed by atoms with Crippen LogP contribution < -0.4 is 11.1 Å². The lowest BCUT2D eigenvalue weighted by atomic mass is 10.0. The van der Waals surface area contributed by atoms with Gasteiger partial charge in [0.1, 0.15) is 0 Å². The highest BCUT2D eigenvalue weighted by Crippen LogP contribution is 2.08. The van der Waals surface area contributed by atoms with Gasteiger partial charge in [0.15, 0.2) is 0 Å². The van der Waals surface area contributed by atoms with Gasteiger partial charge < -0.3 is 16.0 Å². The Balaban J connectivity index is 2.27. The molecule has 14 heavy (non-hydrogen) atoms. The fraction of sp³-hybridized carbons (Fsp3) is 0.900. The molecule has 1 aliphatic heterocycles. The first-order valence-corrected chi connectivity index (χ1v) is 5.13. The molecule has 1 heterocycles. The van der Waals surface area contributed by atoms with Crippen LogP contribution in [-0.2, 0) is 4.79 Å². The minimum Gasteiger partial charge on any atom is -0.352 e. The molecule has 0 spiro atoms. The first-order valence-electron chi connectivity index (χ1n) is 5.13. The Hall–Kier alpha value is -0.610. The summed E-state index contributed by atoms with van der Waals surface area (Å²) < 4.78 is 0. The van der Waals surface area contributed by atoms with Crippen molar-refractivity contribution in [3.05, 3.63) is 0 Å². The molecular formula is C10H21N3O. The predicted octanol–water partition coefficient (Wildman–Crippen LogP) is -0.0659. The van der Waals surface area contributed by atoms with Crippen molar-refractivity contribution in [3.63, 3.8) is 0 Å². The van der Waals surface area contributed by atoms with Crippen LogP contribution in [0.2, 0.25) is 0 Å². The molecule has 0 saturated carbocycles. The molecule has 0 bridgehead atoms. The van der Waals surface area contributed by atoms with Gasteiger partial charge in [-0.15, -0.1) is 0 Å². The summed E-state index contributed by atoms with van der Waals surface area (Å²) in [4.78, 5) is 13.7. The molecule has 0 aromatic rings. The highest BCUT2D eigenvalue weighted by molar-refractivity contribution is 5.77. The maximum atomic E-state index is 11.5. The Labute approximate surface area is 85.8 Å². The van der Waals surface area contributed by atoms with E-state index in [-0.39, 0.29) is 5.91 Å². The van der Waals surface area contributed by atoms with E-state index in [0.717, 1.165) is 19.5 Å². The average Bonchev–Trinajstić information content (AvgIpc) is 2.30. The smallest absolute Gasteiger partial charge is 0.222 e. The number of nitrogens with one attached hydrogen (secondary N) is 1. The largest absolute Gasteiger partial charge is 0.352 e. The summed E-state index contributed by atoms with van der Waals surface area (Å²) in [6.45, 7) is 5.76. The number of amides is 1. The average molecular weight is 199 g/mol. The van der Waals surface area contributed by atoms with Crippen molar-refractivity contribution in [2.45, 2.75) is 38.3 Å². The van der Waals surface area contributed by atoms with Gasteiger partial charge in [-0.25, -0.2) is 0 Å². The van der Waals surface area contributed by atoms with E-state index in [9.17, 15) is 4.79 Å². The highest BCUT2D eigenvalue weighted by Gasteiger charge is 2.23. The van der Waals surface area contributed by atoms with Gasteiger partial charge in [0.05, 0.1) is 0 Å². The Bertz CT molecular complexity index is 210. The van der Waals surface area contributed by atoms with E-state index in [1.54, 1.807) is 0 Å². The third-order valence-electron chi connectivity index (χ3n) is 2.37. The Morgan fingerprint density at radius 3 is 2.71 bits per heavy atom. The Morgan fingerprint density at radius 1 is 1.64 bits per heavy atom. The highest BCUT2D eigenvalue weighted by atomic mass is 16.1. The van der Waals surface area contributed by atoms with Crippen LogP contribution in [0, 0.1) is 0 Å². The topological polar surface area (TPSA) is 58.4 Å². The molecular weight excluding hydrogens is 178 g/mol. The van der Waals surface area contributed by atoms with Crippen LogP contribution in [0.15, 0.2) is 0 Å². The predicted molar refractivity (Wildman–Crippen MR) is 56.9 cm³/mol. The minimum absolute atomic E-state index is 0.0674. The number of hydrogen-bond acceptors (Lipinski definition) is 3.